The molecular weight excluding hydrogens is 190 g/mol. The number of hydrogen-bond donors (Lipinski definition) is 1. The molecule has 4 nitrogen and oxygen atoms in total. The lowest BCUT2D eigenvalue weighted by Gasteiger charge is -2.00. The molecule has 74 valence electrons. The zero-order valence-electron chi connectivity index (χ0n) is 7.97. The maximum atomic E-state index is 11.6. The molecule has 0 saturated heterocycles. The molecule has 0 spiro atoms. The predicted molar refractivity (Wildman–Crippen MR) is 56.4 cm³/mol. The van der Waals surface area contributed by atoms with E-state index < -0.39 is 0 Å². The lowest BCUT2D eigenvalue weighted by atomic mass is 10.4. The van der Waals surface area contributed by atoms with Gasteiger partial charge in [0.1, 0.15) is 11.3 Å². The fourth-order valence-electron chi connectivity index (χ4n) is 1.32. The molecule has 0 aliphatic carbocycles. The average Bonchev–Trinajstić information content (AvgIpc) is 2.69. The molecule has 0 unspecified atom stereocenters. The van der Waals surface area contributed by atoms with Gasteiger partial charge in [-0.15, -0.1) is 6.42 Å². The zero-order valence-corrected chi connectivity index (χ0v) is 7.97. The van der Waals surface area contributed by atoms with Crippen LogP contribution in [0.3, 0.4) is 0 Å². The molecule has 1 N–H and O–H groups in total. The molecule has 2 heterocycles. The average molecular weight is 199 g/mol. The summed E-state index contributed by atoms with van der Waals surface area (Å²) in [6.45, 7) is 0.221. The molecule has 4 heteroatoms. The van der Waals surface area contributed by atoms with Gasteiger partial charge in [0.25, 0.3) is 5.91 Å². The summed E-state index contributed by atoms with van der Waals surface area (Å²) in [5.74, 6) is 2.13. The van der Waals surface area contributed by atoms with Crippen LogP contribution in [0.15, 0.2) is 30.6 Å². The molecule has 2 rings (SSSR count). The van der Waals surface area contributed by atoms with Gasteiger partial charge in [0.15, 0.2) is 0 Å². The van der Waals surface area contributed by atoms with Crippen molar-refractivity contribution in [1.82, 2.24) is 14.7 Å². The number of amides is 1. The number of fused-ring (bicyclic) bond motifs is 1. The number of hydrogen-bond acceptors (Lipinski definition) is 2. The van der Waals surface area contributed by atoms with E-state index in [0.717, 1.165) is 5.65 Å². The summed E-state index contributed by atoms with van der Waals surface area (Å²) in [4.78, 5) is 15.7. The van der Waals surface area contributed by atoms with Crippen molar-refractivity contribution in [3.8, 4) is 12.3 Å². The number of carbonyl (C=O) groups excluding carboxylic acids is 1. The fourth-order valence-corrected chi connectivity index (χ4v) is 1.32. The molecule has 15 heavy (non-hydrogen) atoms. The van der Waals surface area contributed by atoms with E-state index in [1.54, 1.807) is 10.6 Å². The van der Waals surface area contributed by atoms with Crippen LogP contribution in [0.25, 0.3) is 5.65 Å². The molecule has 0 atom stereocenters. The van der Waals surface area contributed by atoms with E-state index in [4.69, 9.17) is 6.42 Å². The first-order valence-electron chi connectivity index (χ1n) is 4.46. The Morgan fingerprint density at radius 1 is 1.60 bits per heavy atom. The Morgan fingerprint density at radius 2 is 2.47 bits per heavy atom. The van der Waals surface area contributed by atoms with Crippen LogP contribution >= 0.6 is 0 Å². The van der Waals surface area contributed by atoms with E-state index >= 15 is 0 Å². The van der Waals surface area contributed by atoms with E-state index in [2.05, 4.69) is 16.2 Å². The SMILES string of the molecule is C#CCNC(=O)c1cnc2ccccn12. The highest BCUT2D eigenvalue weighted by molar-refractivity contribution is 5.93. The summed E-state index contributed by atoms with van der Waals surface area (Å²) < 4.78 is 1.71. The minimum Gasteiger partial charge on any atom is -0.340 e. The van der Waals surface area contributed by atoms with E-state index in [0.29, 0.717) is 5.69 Å². The van der Waals surface area contributed by atoms with Gasteiger partial charge in [-0.2, -0.15) is 0 Å². The highest BCUT2D eigenvalue weighted by atomic mass is 16.1. The molecule has 0 aromatic carbocycles. The number of terminal acetylenes is 1. The van der Waals surface area contributed by atoms with Crippen LogP contribution < -0.4 is 5.32 Å². The van der Waals surface area contributed by atoms with Crippen molar-refractivity contribution in [3.63, 3.8) is 0 Å². The van der Waals surface area contributed by atoms with Gasteiger partial charge in [-0.1, -0.05) is 12.0 Å². The maximum absolute atomic E-state index is 11.6. The van der Waals surface area contributed by atoms with Crippen LogP contribution in [0.1, 0.15) is 10.5 Å². The van der Waals surface area contributed by atoms with Crippen molar-refractivity contribution in [1.29, 1.82) is 0 Å². The van der Waals surface area contributed by atoms with Gasteiger partial charge in [0.05, 0.1) is 12.7 Å². The van der Waals surface area contributed by atoms with Crippen LogP contribution in [0.5, 0.6) is 0 Å². The predicted octanol–water partition coefficient (Wildman–Crippen LogP) is 0.697. The molecule has 1 amide bonds. The third-order valence-electron chi connectivity index (χ3n) is 2.00. The molecule has 2 aromatic rings. The van der Waals surface area contributed by atoms with Crippen molar-refractivity contribution in [3.05, 3.63) is 36.3 Å². The van der Waals surface area contributed by atoms with Crippen molar-refractivity contribution in [2.24, 2.45) is 0 Å². The molecular formula is C11H9N3O. The van der Waals surface area contributed by atoms with Gasteiger partial charge in [-0.05, 0) is 12.1 Å². The quantitative estimate of drug-likeness (QED) is 0.723. The monoisotopic (exact) mass is 199 g/mol. The number of aromatic nitrogens is 2. The summed E-state index contributed by atoms with van der Waals surface area (Å²) in [6.07, 6.45) is 8.37. The second kappa shape index (κ2) is 3.84. The zero-order chi connectivity index (χ0) is 10.7. The summed E-state index contributed by atoms with van der Waals surface area (Å²) in [5.41, 5.74) is 1.23. The topological polar surface area (TPSA) is 46.4 Å². The van der Waals surface area contributed by atoms with Crippen molar-refractivity contribution in [2.45, 2.75) is 0 Å². The Balaban J connectivity index is 2.36. The van der Waals surface area contributed by atoms with Crippen LogP contribution in [-0.4, -0.2) is 21.8 Å². The van der Waals surface area contributed by atoms with Crippen LogP contribution in [-0.2, 0) is 0 Å². The molecule has 0 saturated carbocycles. The number of rotatable bonds is 2. The van der Waals surface area contributed by atoms with Gasteiger partial charge in [-0.3, -0.25) is 9.20 Å². The Kier molecular flexibility index (Phi) is 2.38. The number of pyridine rings is 1. The third-order valence-corrected chi connectivity index (χ3v) is 2.00. The van der Waals surface area contributed by atoms with E-state index in [-0.39, 0.29) is 12.5 Å². The lowest BCUT2D eigenvalue weighted by molar-refractivity contribution is 0.0953. The molecule has 0 bridgehead atoms. The minimum absolute atomic E-state index is 0.216. The second-order valence-electron chi connectivity index (χ2n) is 2.96. The summed E-state index contributed by atoms with van der Waals surface area (Å²) >= 11 is 0. The molecule has 2 aromatic heterocycles. The van der Waals surface area contributed by atoms with Gasteiger partial charge in [0, 0.05) is 6.20 Å². The smallest absolute Gasteiger partial charge is 0.270 e. The summed E-state index contributed by atoms with van der Waals surface area (Å²) in [5, 5.41) is 2.59. The van der Waals surface area contributed by atoms with Gasteiger partial charge < -0.3 is 5.32 Å². The molecule has 0 fully saturated rings. The Bertz CT molecular complexity index is 536. The minimum atomic E-state index is -0.216. The van der Waals surface area contributed by atoms with Crippen LogP contribution in [0, 0.1) is 12.3 Å². The Morgan fingerprint density at radius 3 is 3.27 bits per heavy atom. The lowest BCUT2D eigenvalue weighted by Crippen LogP contribution is -2.24. The van der Waals surface area contributed by atoms with Gasteiger partial charge in [0.2, 0.25) is 0 Å². The largest absolute Gasteiger partial charge is 0.340 e. The van der Waals surface area contributed by atoms with Crippen LogP contribution in [0.2, 0.25) is 0 Å². The molecule has 0 radical (unpaired) electrons. The number of carbonyl (C=O) groups is 1. The highest BCUT2D eigenvalue weighted by Crippen LogP contribution is 2.05. The van der Waals surface area contributed by atoms with E-state index in [1.165, 1.54) is 6.20 Å². The second-order valence-corrected chi connectivity index (χ2v) is 2.96. The normalized spacial score (nSPS) is 9.80. The molecule has 0 aliphatic rings. The number of nitrogens with one attached hydrogen (secondary N) is 1. The van der Waals surface area contributed by atoms with E-state index in [9.17, 15) is 4.79 Å². The van der Waals surface area contributed by atoms with Crippen LogP contribution in [0.4, 0.5) is 0 Å². The molecule has 0 aliphatic heterocycles. The van der Waals surface area contributed by atoms with Crippen molar-refractivity contribution >= 4 is 11.6 Å². The van der Waals surface area contributed by atoms with Crippen molar-refractivity contribution in [2.75, 3.05) is 6.54 Å². The number of imidazole rings is 1. The fraction of sp³-hybridized carbons (Fsp3) is 0.0909. The Hall–Kier alpha value is -2.28. The van der Waals surface area contributed by atoms with Crippen molar-refractivity contribution < 1.29 is 4.79 Å². The number of nitrogens with zero attached hydrogens (tertiary/aromatic N) is 2. The van der Waals surface area contributed by atoms with E-state index in [1.807, 2.05) is 18.2 Å². The first kappa shape index (κ1) is 9.28. The standard InChI is InChI=1S/C11H9N3O/c1-2-6-12-11(15)9-8-13-10-5-3-4-7-14(9)10/h1,3-5,7-8H,6H2,(H,12,15). The highest BCUT2D eigenvalue weighted by Gasteiger charge is 2.09. The Labute approximate surface area is 86.9 Å². The summed E-state index contributed by atoms with van der Waals surface area (Å²) in [7, 11) is 0. The first-order valence-corrected chi connectivity index (χ1v) is 4.46. The maximum Gasteiger partial charge on any atom is 0.270 e. The van der Waals surface area contributed by atoms with Gasteiger partial charge >= 0.3 is 0 Å². The first-order chi connectivity index (χ1) is 7.33. The van der Waals surface area contributed by atoms with Gasteiger partial charge in [-0.25, -0.2) is 4.98 Å². The third kappa shape index (κ3) is 1.67. The summed E-state index contributed by atoms with van der Waals surface area (Å²) in [6, 6.07) is 5.54.